The number of hydrogen-bond donors (Lipinski definition) is 1. The van der Waals surface area contributed by atoms with Crippen LogP contribution >= 0.6 is 0 Å². The van der Waals surface area contributed by atoms with E-state index in [9.17, 15) is 8.42 Å². The van der Waals surface area contributed by atoms with Crippen LogP contribution < -0.4 is 0 Å². The number of aromatic nitrogens is 2. The van der Waals surface area contributed by atoms with Crippen molar-refractivity contribution < 1.29 is 8.42 Å². The summed E-state index contributed by atoms with van der Waals surface area (Å²) >= 11 is 0. The van der Waals surface area contributed by atoms with Gasteiger partial charge in [0.2, 0.25) is 10.0 Å². The predicted molar refractivity (Wildman–Crippen MR) is 82.5 cm³/mol. The average Bonchev–Trinajstić information content (AvgIpc) is 2.91. The number of rotatable bonds is 7. The van der Waals surface area contributed by atoms with Crippen LogP contribution in [0.5, 0.6) is 0 Å². The molecule has 1 N–H and O–H groups in total. The molecular weight excluding hydrogens is 286 g/mol. The summed E-state index contributed by atoms with van der Waals surface area (Å²) in [6.45, 7) is 2.23. The van der Waals surface area contributed by atoms with Crippen molar-refractivity contribution in [2.45, 2.75) is 31.1 Å². The fraction of sp³-hybridized carbons (Fsp3) is 0.400. The molecule has 6 heteroatoms. The number of benzene rings is 1. The Morgan fingerprint density at radius 1 is 1.19 bits per heavy atom. The summed E-state index contributed by atoms with van der Waals surface area (Å²) in [4.78, 5) is 0.257. The highest BCUT2D eigenvalue weighted by Crippen LogP contribution is 2.16. The second-order valence-electron chi connectivity index (χ2n) is 5.13. The minimum absolute atomic E-state index is 0.257. The molecule has 2 aromatic rings. The summed E-state index contributed by atoms with van der Waals surface area (Å²) in [7, 11) is -1.82. The van der Waals surface area contributed by atoms with Crippen LogP contribution in [0, 0.1) is 6.92 Å². The van der Waals surface area contributed by atoms with Gasteiger partial charge in [-0.2, -0.15) is 5.10 Å². The third kappa shape index (κ3) is 3.92. The molecule has 0 aliphatic carbocycles. The van der Waals surface area contributed by atoms with E-state index in [0.29, 0.717) is 12.2 Å². The number of nitrogens with zero attached hydrogens (tertiary/aromatic N) is 2. The molecule has 0 radical (unpaired) electrons. The van der Waals surface area contributed by atoms with Crippen molar-refractivity contribution >= 4 is 10.0 Å². The minimum atomic E-state index is -3.43. The van der Waals surface area contributed by atoms with Crippen molar-refractivity contribution in [2.24, 2.45) is 0 Å². The molecule has 1 aromatic heterocycles. The Morgan fingerprint density at radius 3 is 2.52 bits per heavy atom. The third-order valence-electron chi connectivity index (χ3n) is 3.50. The van der Waals surface area contributed by atoms with Crippen LogP contribution in [0.25, 0.3) is 0 Å². The van der Waals surface area contributed by atoms with Gasteiger partial charge in [0, 0.05) is 13.6 Å². The van der Waals surface area contributed by atoms with E-state index in [1.54, 1.807) is 14.0 Å². The molecule has 0 aliphatic heterocycles. The number of unbranched alkanes of at least 4 members (excludes halogenated alkanes) is 1. The molecule has 0 atom stereocenters. The Balaban J connectivity index is 1.85. The molecule has 21 heavy (non-hydrogen) atoms. The molecule has 0 saturated heterocycles. The number of sulfonamides is 1. The smallest absolute Gasteiger partial charge is 0.246 e. The zero-order valence-electron chi connectivity index (χ0n) is 12.4. The third-order valence-corrected chi connectivity index (χ3v) is 5.47. The maximum atomic E-state index is 12.3. The van der Waals surface area contributed by atoms with Crippen LogP contribution in [0.3, 0.4) is 0 Å². The van der Waals surface area contributed by atoms with Crippen LogP contribution in [-0.2, 0) is 16.4 Å². The van der Waals surface area contributed by atoms with Crippen LogP contribution in [-0.4, -0.2) is 36.5 Å². The number of H-pyrrole nitrogens is 1. The van der Waals surface area contributed by atoms with E-state index < -0.39 is 10.0 Å². The summed E-state index contributed by atoms with van der Waals surface area (Å²) in [6, 6.07) is 10.2. The Morgan fingerprint density at radius 2 is 1.90 bits per heavy atom. The van der Waals surface area contributed by atoms with Gasteiger partial charge in [0.25, 0.3) is 0 Å². The second kappa shape index (κ2) is 6.87. The molecule has 2 rings (SSSR count). The van der Waals surface area contributed by atoms with Gasteiger partial charge >= 0.3 is 0 Å². The van der Waals surface area contributed by atoms with E-state index in [1.807, 2.05) is 18.2 Å². The van der Waals surface area contributed by atoms with E-state index in [-0.39, 0.29) is 4.90 Å². The molecule has 0 spiro atoms. The Labute approximate surface area is 126 Å². The molecule has 114 valence electrons. The summed E-state index contributed by atoms with van der Waals surface area (Å²) in [5.74, 6) is 0. The van der Waals surface area contributed by atoms with E-state index in [1.165, 1.54) is 16.1 Å². The number of nitrogens with one attached hydrogen (secondary N) is 1. The lowest BCUT2D eigenvalue weighted by atomic mass is 10.1. The van der Waals surface area contributed by atoms with Gasteiger partial charge < -0.3 is 0 Å². The highest BCUT2D eigenvalue weighted by atomic mass is 32.2. The monoisotopic (exact) mass is 307 g/mol. The highest BCUT2D eigenvalue weighted by molar-refractivity contribution is 7.89. The van der Waals surface area contributed by atoms with E-state index in [0.717, 1.165) is 19.3 Å². The summed E-state index contributed by atoms with van der Waals surface area (Å²) in [5.41, 5.74) is 1.86. The van der Waals surface area contributed by atoms with Crippen LogP contribution in [0.15, 0.2) is 41.4 Å². The molecule has 0 amide bonds. The minimum Gasteiger partial charge on any atom is -0.281 e. The number of aryl methyl sites for hydroxylation is 2. The first kappa shape index (κ1) is 15.7. The van der Waals surface area contributed by atoms with Gasteiger partial charge in [0.15, 0.2) is 0 Å². The second-order valence-corrected chi connectivity index (χ2v) is 7.14. The number of hydrogen-bond acceptors (Lipinski definition) is 3. The fourth-order valence-corrected chi connectivity index (χ4v) is 3.52. The van der Waals surface area contributed by atoms with Crippen LogP contribution in [0.2, 0.25) is 0 Å². The Bertz CT molecular complexity index is 665. The predicted octanol–water partition coefficient (Wildman–Crippen LogP) is 2.36. The SMILES string of the molecule is Cc1[nH]ncc1S(=O)(=O)N(C)CCCCc1ccccc1. The Kier molecular flexibility index (Phi) is 5.14. The Hall–Kier alpha value is -1.66. The van der Waals surface area contributed by atoms with Crippen molar-refractivity contribution in [2.75, 3.05) is 13.6 Å². The maximum absolute atomic E-state index is 12.3. The number of aromatic amines is 1. The van der Waals surface area contributed by atoms with Gasteiger partial charge in [-0.3, -0.25) is 5.10 Å². The summed E-state index contributed by atoms with van der Waals surface area (Å²) < 4.78 is 26.1. The molecule has 0 aliphatic rings. The van der Waals surface area contributed by atoms with Gasteiger partial charge in [-0.05, 0) is 31.7 Å². The molecule has 0 bridgehead atoms. The van der Waals surface area contributed by atoms with Gasteiger partial charge in [0.05, 0.1) is 11.9 Å². The average molecular weight is 307 g/mol. The lowest BCUT2D eigenvalue weighted by molar-refractivity contribution is 0.455. The van der Waals surface area contributed by atoms with Crippen molar-refractivity contribution in [3.8, 4) is 0 Å². The van der Waals surface area contributed by atoms with Crippen molar-refractivity contribution in [1.82, 2.24) is 14.5 Å². The van der Waals surface area contributed by atoms with Crippen molar-refractivity contribution in [3.05, 3.63) is 47.8 Å². The molecule has 1 aromatic carbocycles. The normalized spacial score (nSPS) is 12.0. The first-order chi connectivity index (χ1) is 10.0. The molecular formula is C15H21N3O2S. The van der Waals surface area contributed by atoms with Gasteiger partial charge in [-0.1, -0.05) is 30.3 Å². The van der Waals surface area contributed by atoms with Gasteiger partial charge in [-0.15, -0.1) is 0 Å². The van der Waals surface area contributed by atoms with E-state index in [4.69, 9.17) is 0 Å². The summed E-state index contributed by atoms with van der Waals surface area (Å²) in [6.07, 6.45) is 4.14. The summed E-state index contributed by atoms with van der Waals surface area (Å²) in [5, 5.41) is 6.44. The molecule has 1 heterocycles. The first-order valence-corrected chi connectivity index (χ1v) is 8.46. The zero-order chi connectivity index (χ0) is 15.3. The van der Waals surface area contributed by atoms with Gasteiger partial charge in [0.1, 0.15) is 4.90 Å². The quantitative estimate of drug-likeness (QED) is 0.799. The van der Waals surface area contributed by atoms with Crippen LogP contribution in [0.4, 0.5) is 0 Å². The lowest BCUT2D eigenvalue weighted by Gasteiger charge is -2.16. The standard InChI is InChI=1S/C15H21N3O2S/c1-13-15(12-16-17-13)21(19,20)18(2)11-7-6-10-14-8-4-3-5-9-14/h3-5,8-9,12H,6-7,10-11H2,1-2H3,(H,16,17). The molecule has 0 saturated carbocycles. The molecule has 0 fully saturated rings. The highest BCUT2D eigenvalue weighted by Gasteiger charge is 2.23. The maximum Gasteiger partial charge on any atom is 0.246 e. The van der Waals surface area contributed by atoms with Crippen molar-refractivity contribution in [1.29, 1.82) is 0 Å². The molecule has 5 nitrogen and oxygen atoms in total. The first-order valence-electron chi connectivity index (χ1n) is 7.02. The lowest BCUT2D eigenvalue weighted by Crippen LogP contribution is -2.28. The zero-order valence-corrected chi connectivity index (χ0v) is 13.2. The molecule has 0 unspecified atom stereocenters. The topological polar surface area (TPSA) is 66.1 Å². The largest absolute Gasteiger partial charge is 0.281 e. The fourth-order valence-electron chi connectivity index (χ4n) is 2.20. The van der Waals surface area contributed by atoms with Gasteiger partial charge in [-0.25, -0.2) is 12.7 Å². The van der Waals surface area contributed by atoms with Crippen molar-refractivity contribution in [3.63, 3.8) is 0 Å². The van der Waals surface area contributed by atoms with E-state index >= 15 is 0 Å². The van der Waals surface area contributed by atoms with E-state index in [2.05, 4.69) is 22.3 Å². The van der Waals surface area contributed by atoms with Crippen LogP contribution in [0.1, 0.15) is 24.1 Å².